The fraction of sp³-hybridized carbons (Fsp3) is 0.375. The lowest BCUT2D eigenvalue weighted by Gasteiger charge is -2.25. The fourth-order valence-corrected chi connectivity index (χ4v) is 2.45. The van der Waals surface area contributed by atoms with Gasteiger partial charge >= 0.3 is 0 Å². The molecule has 0 aliphatic rings. The second-order valence-corrected chi connectivity index (χ2v) is 5.82. The highest BCUT2D eigenvalue weighted by Crippen LogP contribution is 2.25. The number of rotatable bonds is 6. The first-order valence-corrected chi connectivity index (χ1v) is 7.44. The Balaban J connectivity index is 2.34. The van der Waals surface area contributed by atoms with E-state index in [2.05, 4.69) is 4.98 Å². The summed E-state index contributed by atoms with van der Waals surface area (Å²) < 4.78 is 5.19. The summed E-state index contributed by atoms with van der Waals surface area (Å²) in [5.41, 5.74) is 6.95. The van der Waals surface area contributed by atoms with Crippen LogP contribution in [0.2, 0.25) is 5.15 Å². The van der Waals surface area contributed by atoms with Crippen molar-refractivity contribution in [1.29, 1.82) is 0 Å². The third-order valence-corrected chi connectivity index (χ3v) is 3.84. The quantitative estimate of drug-likeness (QED) is 0.830. The monoisotopic (exact) mass is 321 g/mol. The number of hydrogen-bond donors (Lipinski definition) is 1. The molecule has 0 radical (unpaired) electrons. The van der Waals surface area contributed by atoms with E-state index in [0.717, 1.165) is 22.2 Å². The van der Waals surface area contributed by atoms with Gasteiger partial charge in [-0.3, -0.25) is 9.69 Å². The molecule has 118 valence electrons. The molecule has 5 nitrogen and oxygen atoms in total. The van der Waals surface area contributed by atoms with E-state index in [1.54, 1.807) is 7.11 Å². The normalized spacial score (nSPS) is 11.4. The van der Waals surface area contributed by atoms with Gasteiger partial charge in [0.2, 0.25) is 5.91 Å². The first-order chi connectivity index (χ1) is 10.4. The van der Waals surface area contributed by atoms with Crippen molar-refractivity contribution >= 4 is 28.4 Å². The topological polar surface area (TPSA) is 68.5 Å². The van der Waals surface area contributed by atoms with Crippen LogP contribution >= 0.6 is 11.6 Å². The number of ether oxygens (including phenoxy) is 1. The van der Waals surface area contributed by atoms with Crippen LogP contribution in [0.4, 0.5) is 0 Å². The highest BCUT2D eigenvalue weighted by atomic mass is 35.5. The minimum Gasteiger partial charge on any atom is -0.497 e. The molecule has 0 spiro atoms. The Bertz CT molecular complexity index is 688. The van der Waals surface area contributed by atoms with Crippen molar-refractivity contribution in [3.05, 3.63) is 35.0 Å². The van der Waals surface area contributed by atoms with Crippen LogP contribution in [0, 0.1) is 0 Å². The molecule has 0 unspecified atom stereocenters. The van der Waals surface area contributed by atoms with Gasteiger partial charge in [0.05, 0.1) is 19.2 Å². The summed E-state index contributed by atoms with van der Waals surface area (Å²) in [6, 6.07) is 7.82. The second-order valence-electron chi connectivity index (χ2n) is 5.46. The van der Waals surface area contributed by atoms with E-state index in [1.165, 1.54) is 0 Å². The molecule has 0 bridgehead atoms. The third kappa shape index (κ3) is 3.87. The SMILES string of the molecule is COc1ccc2cc(CN(CC(N)=O)C(C)C)c(Cl)nc2c1. The van der Waals surface area contributed by atoms with E-state index in [-0.39, 0.29) is 18.5 Å². The Labute approximate surface area is 135 Å². The zero-order chi connectivity index (χ0) is 16.3. The zero-order valence-corrected chi connectivity index (χ0v) is 13.7. The van der Waals surface area contributed by atoms with Crippen molar-refractivity contribution in [2.75, 3.05) is 13.7 Å². The Morgan fingerprint density at radius 3 is 2.73 bits per heavy atom. The molecule has 0 aliphatic heterocycles. The van der Waals surface area contributed by atoms with Gasteiger partial charge in [0.1, 0.15) is 10.9 Å². The van der Waals surface area contributed by atoms with Crippen molar-refractivity contribution in [1.82, 2.24) is 9.88 Å². The molecule has 0 atom stereocenters. The predicted molar refractivity (Wildman–Crippen MR) is 88.0 cm³/mol. The Kier molecular flexibility index (Phi) is 5.21. The molecule has 1 aromatic heterocycles. The lowest BCUT2D eigenvalue weighted by molar-refractivity contribution is -0.119. The number of carbonyl (C=O) groups excluding carboxylic acids is 1. The van der Waals surface area contributed by atoms with Crippen LogP contribution in [-0.4, -0.2) is 35.5 Å². The molecule has 2 N–H and O–H groups in total. The van der Waals surface area contributed by atoms with E-state index in [4.69, 9.17) is 22.1 Å². The number of methoxy groups -OCH3 is 1. The van der Waals surface area contributed by atoms with Gasteiger partial charge in [-0.1, -0.05) is 11.6 Å². The van der Waals surface area contributed by atoms with Gasteiger partial charge in [0, 0.05) is 29.6 Å². The number of pyridine rings is 1. The molecule has 2 aromatic rings. The van der Waals surface area contributed by atoms with E-state index >= 15 is 0 Å². The number of amides is 1. The number of benzene rings is 1. The van der Waals surface area contributed by atoms with Crippen LogP contribution in [0.5, 0.6) is 5.75 Å². The minimum absolute atomic E-state index is 0.176. The standard InChI is InChI=1S/C16H20ClN3O2/c1-10(2)20(9-15(18)21)8-12-6-11-4-5-13(22-3)7-14(11)19-16(12)17/h4-7,10H,8-9H2,1-3H3,(H2,18,21). The summed E-state index contributed by atoms with van der Waals surface area (Å²) in [6.07, 6.45) is 0. The molecule has 1 aromatic carbocycles. The number of hydrogen-bond acceptors (Lipinski definition) is 4. The Morgan fingerprint density at radius 1 is 1.41 bits per heavy atom. The summed E-state index contributed by atoms with van der Waals surface area (Å²) in [5, 5.41) is 1.40. The first-order valence-electron chi connectivity index (χ1n) is 7.06. The summed E-state index contributed by atoms with van der Waals surface area (Å²) in [4.78, 5) is 17.6. The van der Waals surface area contributed by atoms with E-state index in [9.17, 15) is 4.79 Å². The van der Waals surface area contributed by atoms with Crippen molar-refractivity contribution in [2.45, 2.75) is 26.4 Å². The highest BCUT2D eigenvalue weighted by Gasteiger charge is 2.15. The largest absolute Gasteiger partial charge is 0.497 e. The molecule has 1 heterocycles. The van der Waals surface area contributed by atoms with Crippen LogP contribution in [0.25, 0.3) is 10.9 Å². The van der Waals surface area contributed by atoms with Gasteiger partial charge in [-0.15, -0.1) is 0 Å². The third-order valence-electron chi connectivity index (χ3n) is 3.51. The molecule has 22 heavy (non-hydrogen) atoms. The number of aromatic nitrogens is 1. The van der Waals surface area contributed by atoms with Crippen LogP contribution < -0.4 is 10.5 Å². The molecule has 0 fully saturated rings. The van der Waals surface area contributed by atoms with Crippen molar-refractivity contribution in [3.8, 4) is 5.75 Å². The molecular weight excluding hydrogens is 302 g/mol. The molecule has 2 rings (SSSR count). The Hall–Kier alpha value is -1.85. The molecule has 1 amide bonds. The molecule has 0 saturated carbocycles. The molecule has 0 aliphatic carbocycles. The lowest BCUT2D eigenvalue weighted by atomic mass is 10.1. The fourth-order valence-electron chi connectivity index (χ4n) is 2.25. The van der Waals surface area contributed by atoms with Crippen LogP contribution in [0.1, 0.15) is 19.4 Å². The number of halogens is 1. The van der Waals surface area contributed by atoms with Crippen LogP contribution in [-0.2, 0) is 11.3 Å². The van der Waals surface area contributed by atoms with Crippen LogP contribution in [0.15, 0.2) is 24.3 Å². The predicted octanol–water partition coefficient (Wildman–Crippen LogP) is 2.59. The lowest BCUT2D eigenvalue weighted by Crippen LogP contribution is -2.38. The first kappa shape index (κ1) is 16.5. The number of fused-ring (bicyclic) bond motifs is 1. The van der Waals surface area contributed by atoms with E-state index < -0.39 is 0 Å². The maximum absolute atomic E-state index is 11.2. The number of carbonyl (C=O) groups is 1. The van der Waals surface area contributed by atoms with Gasteiger partial charge in [0.15, 0.2) is 0 Å². The summed E-state index contributed by atoms with van der Waals surface area (Å²) in [5.74, 6) is 0.379. The number of primary amides is 1. The zero-order valence-electron chi connectivity index (χ0n) is 13.0. The van der Waals surface area contributed by atoms with E-state index in [0.29, 0.717) is 11.7 Å². The van der Waals surface area contributed by atoms with Gasteiger partial charge in [-0.05, 0) is 32.0 Å². The number of nitrogens with two attached hydrogens (primary N) is 1. The van der Waals surface area contributed by atoms with Crippen molar-refractivity contribution in [3.63, 3.8) is 0 Å². The molecular formula is C16H20ClN3O2. The summed E-state index contributed by atoms with van der Waals surface area (Å²) >= 11 is 6.29. The number of nitrogens with zero attached hydrogens (tertiary/aromatic N) is 2. The maximum atomic E-state index is 11.2. The van der Waals surface area contributed by atoms with Gasteiger partial charge < -0.3 is 10.5 Å². The van der Waals surface area contributed by atoms with Gasteiger partial charge in [0.25, 0.3) is 0 Å². The van der Waals surface area contributed by atoms with E-state index in [1.807, 2.05) is 43.0 Å². The van der Waals surface area contributed by atoms with Crippen LogP contribution in [0.3, 0.4) is 0 Å². The minimum atomic E-state index is -0.358. The smallest absolute Gasteiger partial charge is 0.231 e. The van der Waals surface area contributed by atoms with Crippen molar-refractivity contribution < 1.29 is 9.53 Å². The van der Waals surface area contributed by atoms with Crippen molar-refractivity contribution in [2.24, 2.45) is 5.73 Å². The molecule has 0 saturated heterocycles. The van der Waals surface area contributed by atoms with Gasteiger partial charge in [-0.2, -0.15) is 0 Å². The average molecular weight is 322 g/mol. The summed E-state index contributed by atoms with van der Waals surface area (Å²) in [7, 11) is 1.61. The average Bonchev–Trinajstić information content (AvgIpc) is 2.46. The summed E-state index contributed by atoms with van der Waals surface area (Å²) in [6.45, 7) is 4.73. The van der Waals surface area contributed by atoms with Gasteiger partial charge in [-0.25, -0.2) is 4.98 Å². The maximum Gasteiger partial charge on any atom is 0.231 e. The Morgan fingerprint density at radius 2 is 2.14 bits per heavy atom. The highest BCUT2D eigenvalue weighted by molar-refractivity contribution is 6.30. The second kappa shape index (κ2) is 6.94. The molecule has 6 heteroatoms.